The van der Waals surface area contributed by atoms with Crippen LogP contribution in [0.15, 0.2) is 63.1 Å². The number of carboxylic acid groups (broad SMARTS) is 1. The van der Waals surface area contributed by atoms with E-state index in [4.69, 9.17) is 4.42 Å². The first-order valence-corrected chi connectivity index (χ1v) is 10.6. The van der Waals surface area contributed by atoms with E-state index in [2.05, 4.69) is 14.8 Å². The molecule has 2 aromatic heterocycles. The average Bonchev–Trinajstić information content (AvgIpc) is 3.33. The lowest BCUT2D eigenvalue weighted by Crippen LogP contribution is -2.02. The normalized spacial score (nSPS) is 11.9. The zero-order chi connectivity index (χ0) is 22.0. The Morgan fingerprint density at radius 2 is 1.94 bits per heavy atom. The first-order valence-electron chi connectivity index (χ1n) is 9.73. The van der Waals surface area contributed by atoms with Crippen molar-refractivity contribution < 1.29 is 18.7 Å². The van der Waals surface area contributed by atoms with Gasteiger partial charge in [0.1, 0.15) is 10.7 Å². The van der Waals surface area contributed by atoms with Crippen LogP contribution in [0.3, 0.4) is 0 Å². The number of aryl methyl sites for hydroxylation is 1. The van der Waals surface area contributed by atoms with Gasteiger partial charge in [-0.3, -0.25) is 0 Å². The van der Waals surface area contributed by atoms with Gasteiger partial charge in [0.2, 0.25) is 5.89 Å². The number of hydrogen-bond acceptors (Lipinski definition) is 5. The summed E-state index contributed by atoms with van der Waals surface area (Å²) in [5, 5.41) is 18.7. The monoisotopic (exact) mass is 437 g/mol. The van der Waals surface area contributed by atoms with Crippen LogP contribution in [-0.4, -0.2) is 25.8 Å². The fourth-order valence-corrected chi connectivity index (χ4v) is 4.07. The van der Waals surface area contributed by atoms with E-state index in [9.17, 15) is 14.3 Å². The number of carboxylic acids is 1. The predicted molar refractivity (Wildman–Crippen MR) is 117 cm³/mol. The van der Waals surface area contributed by atoms with Crippen molar-refractivity contribution >= 4 is 34.7 Å². The van der Waals surface area contributed by atoms with Gasteiger partial charge in [-0.05, 0) is 48.5 Å². The molecule has 0 spiro atoms. The number of halogens is 1. The summed E-state index contributed by atoms with van der Waals surface area (Å²) in [6.45, 7) is 4.37. The van der Waals surface area contributed by atoms with E-state index in [1.54, 1.807) is 18.2 Å². The highest BCUT2D eigenvalue weighted by Crippen LogP contribution is 2.33. The first-order chi connectivity index (χ1) is 15.0. The van der Waals surface area contributed by atoms with Crippen molar-refractivity contribution in [3.63, 3.8) is 0 Å². The summed E-state index contributed by atoms with van der Waals surface area (Å²) in [7, 11) is 0. The maximum absolute atomic E-state index is 13.3. The molecule has 0 atom stereocenters. The van der Waals surface area contributed by atoms with Crippen molar-refractivity contribution in [3.05, 3.63) is 82.0 Å². The second kappa shape index (κ2) is 8.77. The van der Waals surface area contributed by atoms with Crippen molar-refractivity contribution in [2.75, 3.05) is 0 Å². The van der Waals surface area contributed by atoms with Gasteiger partial charge < -0.3 is 14.1 Å². The predicted octanol–water partition coefficient (Wildman–Crippen LogP) is 5.30. The summed E-state index contributed by atoms with van der Waals surface area (Å²) in [4.78, 5) is 12.0. The highest BCUT2D eigenvalue weighted by Gasteiger charge is 2.18. The van der Waals surface area contributed by atoms with Gasteiger partial charge in [-0.2, -0.15) is 0 Å². The van der Waals surface area contributed by atoms with Gasteiger partial charge in [0.25, 0.3) is 5.22 Å². The number of rotatable bonds is 7. The van der Waals surface area contributed by atoms with E-state index in [0.29, 0.717) is 18.9 Å². The minimum Gasteiger partial charge on any atom is -0.477 e. The maximum atomic E-state index is 13.3. The van der Waals surface area contributed by atoms with Crippen LogP contribution in [0.5, 0.6) is 0 Å². The summed E-state index contributed by atoms with van der Waals surface area (Å²) < 4.78 is 20.9. The van der Waals surface area contributed by atoms with E-state index < -0.39 is 5.97 Å². The molecule has 1 N–H and O–H groups in total. The van der Waals surface area contributed by atoms with Crippen molar-refractivity contribution in [2.45, 2.75) is 32.0 Å². The molecule has 4 aromatic rings. The highest BCUT2D eigenvalue weighted by molar-refractivity contribution is 8.03. The highest BCUT2D eigenvalue weighted by atomic mass is 32.2. The second-order valence-electron chi connectivity index (χ2n) is 6.96. The quantitative estimate of drug-likeness (QED) is 0.312. The smallest absolute Gasteiger partial charge is 0.342 e. The molecular formula is C23H20FN3O3S. The zero-order valence-corrected chi connectivity index (χ0v) is 17.8. The van der Waals surface area contributed by atoms with Crippen LogP contribution in [0, 0.1) is 12.7 Å². The molecule has 4 rings (SSSR count). The fraction of sp³-hybridized carbons (Fsp3) is 0.174. The van der Waals surface area contributed by atoms with Gasteiger partial charge in [-0.1, -0.05) is 37.3 Å². The van der Waals surface area contributed by atoms with Crippen molar-refractivity contribution in [2.24, 2.45) is 0 Å². The lowest BCUT2D eigenvalue weighted by molar-refractivity contribution is -0.131. The van der Waals surface area contributed by atoms with Gasteiger partial charge in [0.05, 0.1) is 0 Å². The van der Waals surface area contributed by atoms with Gasteiger partial charge in [0, 0.05) is 35.1 Å². The summed E-state index contributed by atoms with van der Waals surface area (Å²) in [6, 6.07) is 14.2. The molecule has 158 valence electrons. The third-order valence-corrected chi connectivity index (χ3v) is 5.82. The van der Waals surface area contributed by atoms with Crippen LogP contribution in [0.1, 0.15) is 29.6 Å². The Labute approximate surface area is 182 Å². The van der Waals surface area contributed by atoms with Gasteiger partial charge in [0.15, 0.2) is 0 Å². The summed E-state index contributed by atoms with van der Waals surface area (Å²) in [5.74, 6) is -0.896. The molecular weight excluding hydrogens is 417 g/mol. The maximum Gasteiger partial charge on any atom is 0.342 e. The van der Waals surface area contributed by atoms with Crippen molar-refractivity contribution in [1.82, 2.24) is 14.8 Å². The fourth-order valence-electron chi connectivity index (χ4n) is 3.40. The molecule has 0 radical (unpaired) electrons. The molecule has 0 saturated carbocycles. The molecule has 0 amide bonds. The Morgan fingerprint density at radius 3 is 2.61 bits per heavy atom. The van der Waals surface area contributed by atoms with Crippen LogP contribution in [-0.2, 0) is 17.8 Å². The summed E-state index contributed by atoms with van der Waals surface area (Å²) >= 11 is 0.930. The molecule has 0 fully saturated rings. The number of aliphatic carboxylic acids is 1. The van der Waals surface area contributed by atoms with Gasteiger partial charge in [-0.25, -0.2) is 9.18 Å². The Hall–Kier alpha value is -3.39. The van der Waals surface area contributed by atoms with Crippen molar-refractivity contribution in [1.29, 1.82) is 0 Å². The molecule has 2 heterocycles. The standard InChI is InChI=1S/C23H20FN3O3S/c1-3-21-25-26-23(30-21)31-20(22(28)29)12-18-14(2)27(19-7-5-4-6-17(18)19)13-15-8-10-16(24)11-9-15/h4-12H,3,13H2,1-2H3,(H,28,29)/b20-12-. The number of carbonyl (C=O) groups is 1. The Kier molecular flexibility index (Phi) is 5.90. The average molecular weight is 437 g/mol. The molecule has 0 aliphatic rings. The number of benzene rings is 2. The number of thioether (sulfide) groups is 1. The van der Waals surface area contributed by atoms with Crippen molar-refractivity contribution in [3.8, 4) is 0 Å². The minimum atomic E-state index is -1.07. The van der Waals surface area contributed by atoms with Gasteiger partial charge in [-0.15, -0.1) is 10.2 Å². The van der Waals surface area contributed by atoms with E-state index in [1.807, 2.05) is 38.1 Å². The van der Waals surface area contributed by atoms with Crippen LogP contribution in [0.25, 0.3) is 17.0 Å². The molecule has 0 aliphatic carbocycles. The first kappa shape index (κ1) is 20.9. The largest absolute Gasteiger partial charge is 0.477 e. The summed E-state index contributed by atoms with van der Waals surface area (Å²) in [6.07, 6.45) is 2.22. The zero-order valence-electron chi connectivity index (χ0n) is 17.0. The molecule has 0 bridgehead atoms. The SMILES string of the molecule is CCc1nnc(S/C(=C\c2c(C)n(Cc3ccc(F)cc3)c3ccccc23)C(=O)O)o1. The number of aromatic nitrogens is 3. The number of para-hydroxylation sites is 1. The molecule has 0 unspecified atom stereocenters. The topological polar surface area (TPSA) is 81.2 Å². The Morgan fingerprint density at radius 1 is 1.19 bits per heavy atom. The number of hydrogen-bond donors (Lipinski definition) is 1. The molecule has 0 saturated heterocycles. The van der Waals surface area contributed by atoms with Crippen LogP contribution in [0.4, 0.5) is 4.39 Å². The van der Waals surface area contributed by atoms with E-state index in [0.717, 1.165) is 39.5 Å². The van der Waals surface area contributed by atoms with E-state index in [-0.39, 0.29) is 15.9 Å². The van der Waals surface area contributed by atoms with Crippen LogP contribution < -0.4 is 0 Å². The minimum absolute atomic E-state index is 0.0825. The number of nitrogens with zero attached hydrogens (tertiary/aromatic N) is 3. The Bertz CT molecular complexity index is 1280. The van der Waals surface area contributed by atoms with E-state index in [1.165, 1.54) is 12.1 Å². The molecule has 31 heavy (non-hydrogen) atoms. The van der Waals surface area contributed by atoms with E-state index >= 15 is 0 Å². The third kappa shape index (κ3) is 4.39. The van der Waals surface area contributed by atoms with Crippen LogP contribution >= 0.6 is 11.8 Å². The number of fused-ring (bicyclic) bond motifs is 1. The van der Waals surface area contributed by atoms with Gasteiger partial charge >= 0.3 is 5.97 Å². The van der Waals surface area contributed by atoms with Crippen LogP contribution in [0.2, 0.25) is 0 Å². The molecule has 0 aliphatic heterocycles. The molecule has 6 nitrogen and oxygen atoms in total. The third-order valence-electron chi connectivity index (χ3n) is 4.97. The lowest BCUT2D eigenvalue weighted by atomic mass is 10.1. The molecule has 8 heteroatoms. The lowest BCUT2D eigenvalue weighted by Gasteiger charge is -2.09. The second-order valence-corrected chi connectivity index (χ2v) is 7.95. The molecule has 2 aromatic carbocycles. The Balaban J connectivity index is 1.77. The summed E-state index contributed by atoms with van der Waals surface area (Å²) in [5.41, 5.74) is 3.63.